The Labute approximate surface area is 119 Å². The molecule has 0 heterocycles. The predicted molar refractivity (Wildman–Crippen MR) is 76.6 cm³/mol. The van der Waals surface area contributed by atoms with Crippen LogP contribution in [0, 0.1) is 5.92 Å². The predicted octanol–water partition coefficient (Wildman–Crippen LogP) is 2.97. The van der Waals surface area contributed by atoms with Crippen LogP contribution in [0.15, 0.2) is 24.3 Å². The average Bonchev–Trinajstić information content (AvgIpc) is 2.35. The molecule has 0 bridgehead atoms. The smallest absolute Gasteiger partial charge is 0.325 e. The summed E-state index contributed by atoms with van der Waals surface area (Å²) in [4.78, 5) is 11.4. The summed E-state index contributed by atoms with van der Waals surface area (Å²) in [6.07, 6.45) is 0. The normalized spacial score (nSPS) is 10.5. The van der Waals surface area contributed by atoms with Gasteiger partial charge in [-0.05, 0) is 24.1 Å². The van der Waals surface area contributed by atoms with Crippen LogP contribution in [0.25, 0.3) is 0 Å². The topological polar surface area (TPSA) is 47.6 Å². The Balaban J connectivity index is 2.11. The van der Waals surface area contributed by atoms with Crippen LogP contribution in [0.2, 0.25) is 5.02 Å². The molecule has 0 amide bonds. The number of benzene rings is 1. The van der Waals surface area contributed by atoms with E-state index in [2.05, 4.69) is 19.2 Å². The molecule has 4 nitrogen and oxygen atoms in total. The van der Waals surface area contributed by atoms with Crippen LogP contribution >= 0.6 is 11.6 Å². The zero-order chi connectivity index (χ0) is 14.1. The molecule has 1 aromatic carbocycles. The molecule has 0 unspecified atom stereocenters. The van der Waals surface area contributed by atoms with E-state index in [1.807, 2.05) is 12.1 Å². The molecule has 0 saturated heterocycles. The van der Waals surface area contributed by atoms with E-state index >= 15 is 0 Å². The summed E-state index contributed by atoms with van der Waals surface area (Å²) in [5, 5.41) is 3.57. The minimum absolute atomic E-state index is 0.116. The summed E-state index contributed by atoms with van der Waals surface area (Å²) in [5.74, 6) is 0.174. The van der Waals surface area contributed by atoms with E-state index in [0.717, 1.165) is 5.69 Å². The number of hydrogen-bond acceptors (Lipinski definition) is 4. The molecule has 0 aliphatic rings. The number of carbonyl (C=O) groups is 1. The van der Waals surface area contributed by atoms with Gasteiger partial charge in [0.05, 0.1) is 6.61 Å². The number of ether oxygens (including phenoxy) is 2. The number of nitrogens with one attached hydrogen (secondary N) is 1. The van der Waals surface area contributed by atoms with E-state index in [1.165, 1.54) is 0 Å². The number of carbonyl (C=O) groups excluding carboxylic acids is 1. The van der Waals surface area contributed by atoms with Gasteiger partial charge in [-0.15, -0.1) is 0 Å². The van der Waals surface area contributed by atoms with E-state index in [-0.39, 0.29) is 19.1 Å². The molecule has 0 aliphatic carbocycles. The van der Waals surface area contributed by atoms with Gasteiger partial charge in [-0.3, -0.25) is 4.79 Å². The van der Waals surface area contributed by atoms with Crippen LogP contribution in [-0.2, 0) is 14.3 Å². The summed E-state index contributed by atoms with van der Waals surface area (Å²) in [5.41, 5.74) is 0.792. The highest BCUT2D eigenvalue weighted by molar-refractivity contribution is 6.30. The van der Waals surface area contributed by atoms with Crippen LogP contribution in [-0.4, -0.2) is 32.3 Å². The van der Waals surface area contributed by atoms with Crippen molar-refractivity contribution in [1.29, 1.82) is 0 Å². The second-order valence-corrected chi connectivity index (χ2v) is 4.99. The monoisotopic (exact) mass is 285 g/mol. The van der Waals surface area contributed by atoms with Crippen LogP contribution in [0.3, 0.4) is 0 Å². The average molecular weight is 286 g/mol. The second kappa shape index (κ2) is 8.77. The van der Waals surface area contributed by atoms with Crippen molar-refractivity contribution in [2.24, 2.45) is 5.92 Å². The van der Waals surface area contributed by atoms with Gasteiger partial charge in [0.1, 0.15) is 13.2 Å². The number of hydrogen-bond donors (Lipinski definition) is 1. The Bertz CT molecular complexity index is 396. The van der Waals surface area contributed by atoms with Crippen LogP contribution in [0.5, 0.6) is 0 Å². The fourth-order valence-electron chi connectivity index (χ4n) is 1.36. The molecule has 0 atom stereocenters. The lowest BCUT2D eigenvalue weighted by atomic mass is 10.2. The Kier molecular flexibility index (Phi) is 7.30. The Morgan fingerprint density at radius 2 is 2.16 bits per heavy atom. The lowest BCUT2D eigenvalue weighted by Crippen LogP contribution is -2.19. The van der Waals surface area contributed by atoms with Gasteiger partial charge in [0, 0.05) is 17.3 Å². The summed E-state index contributed by atoms with van der Waals surface area (Å²) >= 11 is 5.83. The molecule has 0 aliphatic heterocycles. The van der Waals surface area contributed by atoms with E-state index < -0.39 is 0 Å². The van der Waals surface area contributed by atoms with Crippen molar-refractivity contribution in [2.75, 3.05) is 31.7 Å². The highest BCUT2D eigenvalue weighted by Gasteiger charge is 2.03. The van der Waals surface area contributed by atoms with Crippen LogP contribution < -0.4 is 5.32 Å². The Hall–Kier alpha value is -1.26. The lowest BCUT2D eigenvalue weighted by Gasteiger charge is -2.09. The molecular formula is C14H20ClNO3. The lowest BCUT2D eigenvalue weighted by molar-refractivity contribution is -0.143. The van der Waals surface area contributed by atoms with Crippen LogP contribution in [0.4, 0.5) is 5.69 Å². The molecule has 0 aromatic heterocycles. The quantitative estimate of drug-likeness (QED) is 0.589. The molecule has 1 rings (SSSR count). The summed E-state index contributed by atoms with van der Waals surface area (Å²) in [7, 11) is 0. The largest absolute Gasteiger partial charge is 0.462 e. The second-order valence-electron chi connectivity index (χ2n) is 4.55. The highest BCUT2D eigenvalue weighted by Crippen LogP contribution is 2.14. The van der Waals surface area contributed by atoms with E-state index in [9.17, 15) is 4.79 Å². The fraction of sp³-hybridized carbons (Fsp3) is 0.500. The van der Waals surface area contributed by atoms with Crippen molar-refractivity contribution in [1.82, 2.24) is 0 Å². The molecule has 0 fully saturated rings. The Morgan fingerprint density at radius 1 is 1.37 bits per heavy atom. The third-order valence-electron chi connectivity index (χ3n) is 2.20. The first-order chi connectivity index (χ1) is 9.08. The van der Waals surface area contributed by atoms with Crippen molar-refractivity contribution in [3.63, 3.8) is 0 Å². The summed E-state index contributed by atoms with van der Waals surface area (Å²) in [6.45, 7) is 5.65. The molecule has 106 valence electrons. The number of rotatable bonds is 8. The summed E-state index contributed by atoms with van der Waals surface area (Å²) in [6, 6.07) is 7.18. The first-order valence-electron chi connectivity index (χ1n) is 6.30. The SMILES string of the molecule is CC(C)COCCOC(=O)CNc1cccc(Cl)c1. The van der Waals surface area contributed by atoms with Gasteiger partial charge in [-0.1, -0.05) is 31.5 Å². The summed E-state index contributed by atoms with van der Waals surface area (Å²) < 4.78 is 10.3. The molecule has 1 aromatic rings. The van der Waals surface area contributed by atoms with Crippen molar-refractivity contribution < 1.29 is 14.3 Å². The first-order valence-corrected chi connectivity index (χ1v) is 6.68. The fourth-order valence-corrected chi connectivity index (χ4v) is 1.55. The van der Waals surface area contributed by atoms with Gasteiger partial charge in [-0.2, -0.15) is 0 Å². The van der Waals surface area contributed by atoms with Crippen molar-refractivity contribution in [3.8, 4) is 0 Å². The van der Waals surface area contributed by atoms with Gasteiger partial charge in [-0.25, -0.2) is 0 Å². The molecular weight excluding hydrogens is 266 g/mol. The first kappa shape index (κ1) is 15.8. The molecule has 1 N–H and O–H groups in total. The Morgan fingerprint density at radius 3 is 2.84 bits per heavy atom. The number of esters is 1. The standard InChI is InChI=1S/C14H20ClNO3/c1-11(2)10-18-6-7-19-14(17)9-16-13-5-3-4-12(15)8-13/h3-5,8,11,16H,6-7,9-10H2,1-2H3. The maximum absolute atomic E-state index is 11.4. The van der Waals surface area contributed by atoms with E-state index in [4.69, 9.17) is 21.1 Å². The third-order valence-corrected chi connectivity index (χ3v) is 2.44. The molecule has 0 spiro atoms. The van der Waals surface area contributed by atoms with E-state index in [0.29, 0.717) is 24.2 Å². The minimum Gasteiger partial charge on any atom is -0.462 e. The van der Waals surface area contributed by atoms with Gasteiger partial charge < -0.3 is 14.8 Å². The van der Waals surface area contributed by atoms with Crippen molar-refractivity contribution >= 4 is 23.3 Å². The van der Waals surface area contributed by atoms with Gasteiger partial charge >= 0.3 is 5.97 Å². The number of halogens is 1. The minimum atomic E-state index is -0.312. The maximum Gasteiger partial charge on any atom is 0.325 e. The van der Waals surface area contributed by atoms with Gasteiger partial charge in [0.25, 0.3) is 0 Å². The number of anilines is 1. The molecule has 19 heavy (non-hydrogen) atoms. The highest BCUT2D eigenvalue weighted by atomic mass is 35.5. The van der Waals surface area contributed by atoms with Crippen LogP contribution in [0.1, 0.15) is 13.8 Å². The van der Waals surface area contributed by atoms with Crippen molar-refractivity contribution in [2.45, 2.75) is 13.8 Å². The molecule has 0 radical (unpaired) electrons. The van der Waals surface area contributed by atoms with Gasteiger partial charge in [0.15, 0.2) is 0 Å². The van der Waals surface area contributed by atoms with Gasteiger partial charge in [0.2, 0.25) is 0 Å². The molecule has 0 saturated carbocycles. The third kappa shape index (κ3) is 7.70. The van der Waals surface area contributed by atoms with Crippen molar-refractivity contribution in [3.05, 3.63) is 29.3 Å². The van der Waals surface area contributed by atoms with E-state index in [1.54, 1.807) is 12.1 Å². The maximum atomic E-state index is 11.4. The zero-order valence-electron chi connectivity index (χ0n) is 11.3. The zero-order valence-corrected chi connectivity index (χ0v) is 12.1. The molecule has 5 heteroatoms.